The number of hydrogen-bond acceptors (Lipinski definition) is 5. The predicted molar refractivity (Wildman–Crippen MR) is 88.0 cm³/mol. The summed E-state index contributed by atoms with van der Waals surface area (Å²) in [6.45, 7) is 4.71. The van der Waals surface area contributed by atoms with E-state index in [1.165, 1.54) is 0 Å². The van der Waals surface area contributed by atoms with Gasteiger partial charge in [0.15, 0.2) is 5.15 Å². The van der Waals surface area contributed by atoms with Crippen molar-refractivity contribution in [2.45, 2.75) is 26.3 Å². The molecule has 0 saturated carbocycles. The van der Waals surface area contributed by atoms with Crippen LogP contribution in [0.4, 0.5) is 5.82 Å². The number of hydrogen-bond donors (Lipinski definition) is 1. The molecule has 0 spiro atoms. The van der Waals surface area contributed by atoms with Crippen LogP contribution in [0, 0.1) is 0 Å². The number of aromatic nitrogens is 2. The Balaban J connectivity index is 2.15. The lowest BCUT2D eigenvalue weighted by molar-refractivity contribution is 0.391. The third kappa shape index (κ3) is 3.80. The van der Waals surface area contributed by atoms with Gasteiger partial charge in [0.05, 0.1) is 14.2 Å². The summed E-state index contributed by atoms with van der Waals surface area (Å²) in [5, 5.41) is 11.7. The Morgan fingerprint density at radius 3 is 2.55 bits per heavy atom. The second-order valence-electron chi connectivity index (χ2n) is 5.16. The first-order valence-electron chi connectivity index (χ1n) is 7.03. The van der Waals surface area contributed by atoms with E-state index in [1.54, 1.807) is 14.2 Å². The molecule has 0 aliphatic heterocycles. The number of methoxy groups -OCH3 is 2. The van der Waals surface area contributed by atoms with E-state index in [9.17, 15) is 0 Å². The Kier molecular flexibility index (Phi) is 5.44. The maximum Gasteiger partial charge on any atom is 0.155 e. The quantitative estimate of drug-likeness (QED) is 0.875. The van der Waals surface area contributed by atoms with Crippen LogP contribution in [0.5, 0.6) is 11.5 Å². The molecule has 1 N–H and O–H groups in total. The van der Waals surface area contributed by atoms with E-state index in [0.717, 1.165) is 22.6 Å². The van der Waals surface area contributed by atoms with Crippen LogP contribution >= 0.6 is 11.6 Å². The largest absolute Gasteiger partial charge is 0.497 e. The fourth-order valence-electron chi connectivity index (χ4n) is 2.07. The number of nitrogens with one attached hydrogen (secondary N) is 1. The van der Waals surface area contributed by atoms with Crippen LogP contribution in [0.1, 0.15) is 30.9 Å². The zero-order valence-corrected chi connectivity index (χ0v) is 13.9. The number of halogens is 1. The fraction of sp³-hybridized carbons (Fsp3) is 0.375. The van der Waals surface area contributed by atoms with Crippen molar-refractivity contribution in [2.24, 2.45) is 0 Å². The van der Waals surface area contributed by atoms with E-state index in [2.05, 4.69) is 29.4 Å². The zero-order valence-electron chi connectivity index (χ0n) is 13.2. The molecule has 6 heteroatoms. The second-order valence-corrected chi connectivity index (χ2v) is 5.52. The summed E-state index contributed by atoms with van der Waals surface area (Å²) in [5.74, 6) is 2.50. The summed E-state index contributed by atoms with van der Waals surface area (Å²) < 4.78 is 10.6. The molecule has 1 aromatic carbocycles. The fourth-order valence-corrected chi connectivity index (χ4v) is 2.38. The molecule has 0 radical (unpaired) electrons. The summed E-state index contributed by atoms with van der Waals surface area (Å²) in [4.78, 5) is 0. The zero-order chi connectivity index (χ0) is 16.1. The summed E-state index contributed by atoms with van der Waals surface area (Å²) in [5.41, 5.74) is 1.98. The van der Waals surface area contributed by atoms with Gasteiger partial charge in [-0.2, -0.15) is 0 Å². The highest BCUT2D eigenvalue weighted by Gasteiger charge is 2.10. The van der Waals surface area contributed by atoms with E-state index in [-0.39, 0.29) is 0 Å². The SMILES string of the molecule is COc1ccc(CNc2cc(C(C)C)c(Cl)nn2)c(OC)c1. The molecule has 0 saturated heterocycles. The second kappa shape index (κ2) is 7.31. The molecule has 0 aliphatic carbocycles. The molecular formula is C16H20ClN3O2. The average molecular weight is 322 g/mol. The summed E-state index contributed by atoms with van der Waals surface area (Å²) in [7, 11) is 3.26. The highest BCUT2D eigenvalue weighted by molar-refractivity contribution is 6.30. The van der Waals surface area contributed by atoms with Crippen molar-refractivity contribution in [1.82, 2.24) is 10.2 Å². The molecular weight excluding hydrogens is 302 g/mol. The normalized spacial score (nSPS) is 10.6. The standard InChI is InChI=1S/C16H20ClN3O2/c1-10(2)13-8-15(19-20-16(13)17)18-9-11-5-6-12(21-3)7-14(11)22-4/h5-8,10H,9H2,1-4H3,(H,18,19). The predicted octanol–water partition coefficient (Wildman–Crippen LogP) is 3.88. The van der Waals surface area contributed by atoms with E-state index < -0.39 is 0 Å². The highest BCUT2D eigenvalue weighted by atomic mass is 35.5. The van der Waals surface area contributed by atoms with Gasteiger partial charge in [0.1, 0.15) is 17.3 Å². The molecule has 22 heavy (non-hydrogen) atoms. The van der Waals surface area contributed by atoms with Crippen molar-refractivity contribution in [1.29, 1.82) is 0 Å². The summed E-state index contributed by atoms with van der Waals surface area (Å²) >= 11 is 6.05. The lowest BCUT2D eigenvalue weighted by Gasteiger charge is -2.13. The van der Waals surface area contributed by atoms with Crippen LogP contribution in [-0.4, -0.2) is 24.4 Å². The van der Waals surface area contributed by atoms with Crippen molar-refractivity contribution in [3.63, 3.8) is 0 Å². The smallest absolute Gasteiger partial charge is 0.155 e. The van der Waals surface area contributed by atoms with Gasteiger partial charge in [-0.1, -0.05) is 25.4 Å². The molecule has 0 unspecified atom stereocenters. The monoisotopic (exact) mass is 321 g/mol. The highest BCUT2D eigenvalue weighted by Crippen LogP contribution is 2.26. The van der Waals surface area contributed by atoms with E-state index in [0.29, 0.717) is 23.4 Å². The topological polar surface area (TPSA) is 56.3 Å². The Bertz CT molecular complexity index is 647. The van der Waals surface area contributed by atoms with Crippen molar-refractivity contribution in [3.05, 3.63) is 40.5 Å². The van der Waals surface area contributed by atoms with Crippen molar-refractivity contribution >= 4 is 17.4 Å². The number of rotatable bonds is 6. The minimum atomic E-state index is 0.291. The molecule has 0 aliphatic rings. The average Bonchev–Trinajstić information content (AvgIpc) is 2.53. The van der Waals surface area contributed by atoms with Gasteiger partial charge in [-0.3, -0.25) is 0 Å². The van der Waals surface area contributed by atoms with Crippen LogP contribution in [0.2, 0.25) is 5.15 Å². The molecule has 0 atom stereocenters. The molecule has 1 heterocycles. The maximum absolute atomic E-state index is 6.05. The molecule has 2 aromatic rings. The minimum absolute atomic E-state index is 0.291. The Labute approximate surface area is 135 Å². The molecule has 0 fully saturated rings. The van der Waals surface area contributed by atoms with Gasteiger partial charge in [-0.05, 0) is 29.7 Å². The molecule has 118 valence electrons. The Morgan fingerprint density at radius 2 is 1.91 bits per heavy atom. The van der Waals surface area contributed by atoms with Gasteiger partial charge < -0.3 is 14.8 Å². The van der Waals surface area contributed by atoms with Gasteiger partial charge in [0.2, 0.25) is 0 Å². The number of ether oxygens (including phenoxy) is 2. The van der Waals surface area contributed by atoms with Gasteiger partial charge in [-0.25, -0.2) is 0 Å². The molecule has 0 amide bonds. The number of benzene rings is 1. The molecule has 2 rings (SSSR count). The van der Waals surface area contributed by atoms with Crippen LogP contribution in [-0.2, 0) is 6.54 Å². The minimum Gasteiger partial charge on any atom is -0.497 e. The Morgan fingerprint density at radius 1 is 1.14 bits per heavy atom. The third-order valence-electron chi connectivity index (χ3n) is 3.35. The first-order chi connectivity index (χ1) is 10.5. The van der Waals surface area contributed by atoms with Crippen molar-refractivity contribution < 1.29 is 9.47 Å². The summed E-state index contributed by atoms with van der Waals surface area (Å²) in [6, 6.07) is 7.63. The molecule has 0 bridgehead atoms. The van der Waals surface area contributed by atoms with Gasteiger partial charge in [0, 0.05) is 18.2 Å². The Hall–Kier alpha value is -2.01. The van der Waals surface area contributed by atoms with E-state index in [4.69, 9.17) is 21.1 Å². The van der Waals surface area contributed by atoms with Gasteiger partial charge in [-0.15, -0.1) is 10.2 Å². The van der Waals surface area contributed by atoms with Crippen LogP contribution < -0.4 is 14.8 Å². The first kappa shape index (κ1) is 16.4. The van der Waals surface area contributed by atoms with E-state index in [1.807, 2.05) is 24.3 Å². The lowest BCUT2D eigenvalue weighted by atomic mass is 10.1. The lowest BCUT2D eigenvalue weighted by Crippen LogP contribution is -2.06. The number of anilines is 1. The van der Waals surface area contributed by atoms with Gasteiger partial charge >= 0.3 is 0 Å². The van der Waals surface area contributed by atoms with Crippen LogP contribution in [0.3, 0.4) is 0 Å². The van der Waals surface area contributed by atoms with Crippen LogP contribution in [0.15, 0.2) is 24.3 Å². The molecule has 1 aromatic heterocycles. The van der Waals surface area contributed by atoms with Crippen molar-refractivity contribution in [3.8, 4) is 11.5 Å². The van der Waals surface area contributed by atoms with Crippen molar-refractivity contribution in [2.75, 3.05) is 19.5 Å². The third-order valence-corrected chi connectivity index (χ3v) is 3.65. The van der Waals surface area contributed by atoms with Crippen LogP contribution in [0.25, 0.3) is 0 Å². The van der Waals surface area contributed by atoms with Gasteiger partial charge in [0.25, 0.3) is 0 Å². The number of nitrogens with zero attached hydrogens (tertiary/aromatic N) is 2. The summed E-state index contributed by atoms with van der Waals surface area (Å²) in [6.07, 6.45) is 0. The maximum atomic E-state index is 6.05. The molecule has 5 nitrogen and oxygen atoms in total. The van der Waals surface area contributed by atoms with E-state index >= 15 is 0 Å². The first-order valence-corrected chi connectivity index (χ1v) is 7.40.